The molecule has 0 rings (SSSR count). The molecule has 0 aliphatic rings. The number of hydrogen-bond acceptors (Lipinski definition) is 5. The summed E-state index contributed by atoms with van der Waals surface area (Å²) in [4.78, 5) is 29.0. The van der Waals surface area contributed by atoms with Crippen LogP contribution in [0.1, 0.15) is 27.2 Å². The Morgan fingerprint density at radius 2 is 1.68 bits per heavy atom. The van der Waals surface area contributed by atoms with E-state index in [4.69, 9.17) is 4.74 Å². The minimum absolute atomic E-state index is 0.0578. The van der Waals surface area contributed by atoms with Crippen LogP contribution in [-0.2, 0) is 9.53 Å². The maximum absolute atomic E-state index is 11.6. The molecule has 0 aromatic heterocycles. The van der Waals surface area contributed by atoms with Crippen molar-refractivity contribution in [2.24, 2.45) is 4.99 Å². The lowest BCUT2D eigenvalue weighted by atomic mass is 10.2. The van der Waals surface area contributed by atoms with Gasteiger partial charge < -0.3 is 25.6 Å². The molecule has 0 saturated carbocycles. The molecule has 0 fully saturated rings. The van der Waals surface area contributed by atoms with E-state index < -0.39 is 11.7 Å². The van der Waals surface area contributed by atoms with E-state index in [-0.39, 0.29) is 12.5 Å². The fourth-order valence-corrected chi connectivity index (χ4v) is 1.84. The average Bonchev–Trinajstić information content (AvgIpc) is 2.49. The third-order valence-electron chi connectivity index (χ3n) is 2.78. The lowest BCUT2D eigenvalue weighted by Gasteiger charge is -2.19. The normalized spacial score (nSPS) is 11.7. The van der Waals surface area contributed by atoms with Crippen molar-refractivity contribution < 1.29 is 14.3 Å². The second-order valence-corrected chi connectivity index (χ2v) is 7.57. The van der Waals surface area contributed by atoms with Crippen LogP contribution in [-0.4, -0.2) is 80.7 Å². The molecule has 0 heterocycles. The topological polar surface area (TPSA) is 95.1 Å². The molecule has 0 unspecified atom stereocenters. The fourth-order valence-electron chi connectivity index (χ4n) is 1.53. The highest BCUT2D eigenvalue weighted by atomic mass is 32.2. The zero-order valence-electron chi connectivity index (χ0n) is 16.3. The number of guanidine groups is 1. The first-order chi connectivity index (χ1) is 11.7. The van der Waals surface area contributed by atoms with Crippen LogP contribution in [0.25, 0.3) is 0 Å². The molecule has 9 heteroatoms. The van der Waals surface area contributed by atoms with E-state index in [1.807, 2.05) is 27.0 Å². The van der Waals surface area contributed by atoms with Crippen LogP contribution in [0.15, 0.2) is 4.99 Å². The Hall–Kier alpha value is -1.64. The number of rotatable bonds is 9. The predicted octanol–water partition coefficient (Wildman–Crippen LogP) is 0.888. The smallest absolute Gasteiger partial charge is 0.407 e. The number of likely N-dealkylation sites (N-methyl/N-ethyl adjacent to an activating group) is 1. The van der Waals surface area contributed by atoms with Gasteiger partial charge in [-0.1, -0.05) is 0 Å². The van der Waals surface area contributed by atoms with Gasteiger partial charge in [0.25, 0.3) is 0 Å². The highest BCUT2D eigenvalue weighted by Crippen LogP contribution is 2.06. The van der Waals surface area contributed by atoms with Gasteiger partial charge in [0.2, 0.25) is 5.91 Å². The zero-order chi connectivity index (χ0) is 19.3. The van der Waals surface area contributed by atoms with Gasteiger partial charge in [-0.3, -0.25) is 4.79 Å². The van der Waals surface area contributed by atoms with Gasteiger partial charge in [0.1, 0.15) is 12.1 Å². The van der Waals surface area contributed by atoms with Gasteiger partial charge in [-0.15, -0.1) is 0 Å². The number of carbonyl (C=O) groups excluding carboxylic acids is 2. The molecule has 0 aromatic rings. The Labute approximate surface area is 155 Å². The Bertz CT molecular complexity index is 436. The standard InChI is InChI=1S/C16H33N5O3S/c1-16(2,3)24-15(23)19-9-7-8-17-14(18-10-11-25-6)20-12-13(22)21(4)5/h7-12H2,1-6H3,(H,19,23)(H2,17,18,20). The monoisotopic (exact) mass is 375 g/mol. The summed E-state index contributed by atoms with van der Waals surface area (Å²) in [6.45, 7) is 7.45. The fraction of sp³-hybridized carbons (Fsp3) is 0.812. The predicted molar refractivity (Wildman–Crippen MR) is 104 cm³/mol. The van der Waals surface area contributed by atoms with Crippen molar-refractivity contribution in [3.8, 4) is 0 Å². The average molecular weight is 376 g/mol. The maximum atomic E-state index is 11.6. The van der Waals surface area contributed by atoms with Crippen LogP contribution in [0, 0.1) is 0 Å². The van der Waals surface area contributed by atoms with Crippen molar-refractivity contribution in [3.05, 3.63) is 0 Å². The van der Waals surface area contributed by atoms with Gasteiger partial charge in [-0.25, -0.2) is 9.79 Å². The molecule has 8 nitrogen and oxygen atoms in total. The van der Waals surface area contributed by atoms with Crippen molar-refractivity contribution in [2.75, 3.05) is 52.3 Å². The number of alkyl carbamates (subject to hydrolysis) is 1. The SMILES string of the molecule is CSCCNC(=NCC(=O)N(C)C)NCCCNC(=O)OC(C)(C)C. The summed E-state index contributed by atoms with van der Waals surface area (Å²) in [6.07, 6.45) is 2.32. The van der Waals surface area contributed by atoms with Crippen molar-refractivity contribution in [1.82, 2.24) is 20.9 Å². The van der Waals surface area contributed by atoms with Crippen molar-refractivity contribution >= 4 is 29.7 Å². The van der Waals surface area contributed by atoms with Crippen LogP contribution in [0.3, 0.4) is 0 Å². The molecule has 0 saturated heterocycles. The molecule has 2 amide bonds. The van der Waals surface area contributed by atoms with Gasteiger partial charge in [-0.2, -0.15) is 11.8 Å². The number of aliphatic imine (C=N–C) groups is 1. The summed E-state index contributed by atoms with van der Waals surface area (Å²) in [5, 5.41) is 9.05. The Kier molecular flexibility index (Phi) is 11.9. The molecule has 3 N–H and O–H groups in total. The van der Waals surface area contributed by atoms with Gasteiger partial charge in [0.05, 0.1) is 0 Å². The van der Waals surface area contributed by atoms with Gasteiger partial charge in [0.15, 0.2) is 5.96 Å². The Balaban J connectivity index is 4.18. The van der Waals surface area contributed by atoms with Crippen LogP contribution >= 0.6 is 11.8 Å². The summed E-state index contributed by atoms with van der Waals surface area (Å²) in [7, 11) is 3.41. The van der Waals surface area contributed by atoms with Gasteiger partial charge in [-0.05, 0) is 33.4 Å². The minimum atomic E-state index is -0.498. The molecule has 0 bridgehead atoms. The molecular formula is C16H33N5O3S. The van der Waals surface area contributed by atoms with E-state index in [0.29, 0.717) is 25.5 Å². The molecule has 0 spiro atoms. The first-order valence-corrected chi connectivity index (χ1v) is 9.73. The highest BCUT2D eigenvalue weighted by Gasteiger charge is 2.15. The van der Waals surface area contributed by atoms with Crippen LogP contribution < -0.4 is 16.0 Å². The minimum Gasteiger partial charge on any atom is -0.444 e. The quantitative estimate of drug-likeness (QED) is 0.315. The largest absolute Gasteiger partial charge is 0.444 e. The van der Waals surface area contributed by atoms with Crippen LogP contribution in [0.2, 0.25) is 0 Å². The third kappa shape index (κ3) is 14.4. The van der Waals surface area contributed by atoms with E-state index in [9.17, 15) is 9.59 Å². The molecule has 146 valence electrons. The third-order valence-corrected chi connectivity index (χ3v) is 3.40. The number of carbonyl (C=O) groups is 2. The van der Waals surface area contributed by atoms with Crippen molar-refractivity contribution in [3.63, 3.8) is 0 Å². The lowest BCUT2D eigenvalue weighted by Crippen LogP contribution is -2.41. The van der Waals surface area contributed by atoms with Crippen LogP contribution in [0.4, 0.5) is 4.79 Å². The Morgan fingerprint density at radius 3 is 2.24 bits per heavy atom. The number of ether oxygens (including phenoxy) is 1. The molecule has 25 heavy (non-hydrogen) atoms. The number of thioether (sulfide) groups is 1. The van der Waals surface area contributed by atoms with Gasteiger partial charge in [0, 0.05) is 39.5 Å². The summed E-state index contributed by atoms with van der Waals surface area (Å²) >= 11 is 1.73. The highest BCUT2D eigenvalue weighted by molar-refractivity contribution is 7.98. The second kappa shape index (κ2) is 12.7. The second-order valence-electron chi connectivity index (χ2n) is 6.58. The number of hydrogen-bond donors (Lipinski definition) is 3. The summed E-state index contributed by atoms with van der Waals surface area (Å²) in [5.74, 6) is 1.49. The summed E-state index contributed by atoms with van der Waals surface area (Å²) in [5.41, 5.74) is -0.498. The summed E-state index contributed by atoms with van der Waals surface area (Å²) < 4.78 is 5.17. The maximum Gasteiger partial charge on any atom is 0.407 e. The number of nitrogens with zero attached hydrogens (tertiary/aromatic N) is 2. The first kappa shape index (κ1) is 23.4. The van der Waals surface area contributed by atoms with E-state index in [1.165, 1.54) is 4.90 Å². The Morgan fingerprint density at radius 1 is 1.08 bits per heavy atom. The van der Waals surface area contributed by atoms with E-state index >= 15 is 0 Å². The molecule has 0 atom stereocenters. The zero-order valence-corrected chi connectivity index (χ0v) is 17.1. The molecule has 0 aliphatic heterocycles. The summed E-state index contributed by atoms with van der Waals surface area (Å²) in [6, 6.07) is 0. The molecule has 0 aliphatic carbocycles. The molecule has 0 radical (unpaired) electrons. The molecule has 0 aromatic carbocycles. The first-order valence-electron chi connectivity index (χ1n) is 8.34. The van der Waals surface area contributed by atoms with E-state index in [1.54, 1.807) is 25.9 Å². The molecular weight excluding hydrogens is 342 g/mol. The van der Waals surface area contributed by atoms with E-state index in [2.05, 4.69) is 20.9 Å². The number of amides is 2. The number of nitrogens with one attached hydrogen (secondary N) is 3. The van der Waals surface area contributed by atoms with Crippen molar-refractivity contribution in [1.29, 1.82) is 0 Å². The lowest BCUT2D eigenvalue weighted by molar-refractivity contribution is -0.127. The van der Waals surface area contributed by atoms with Crippen molar-refractivity contribution in [2.45, 2.75) is 32.8 Å². The van der Waals surface area contributed by atoms with E-state index in [0.717, 1.165) is 12.3 Å². The van der Waals surface area contributed by atoms with Gasteiger partial charge >= 0.3 is 6.09 Å². The van der Waals surface area contributed by atoms with Crippen LogP contribution in [0.5, 0.6) is 0 Å².